The molecule has 1 saturated heterocycles. The summed E-state index contributed by atoms with van der Waals surface area (Å²) >= 11 is 0. The maximum atomic E-state index is 11.0. The number of benzene rings is 1. The second-order valence-corrected chi connectivity index (χ2v) is 5.17. The lowest BCUT2D eigenvalue weighted by atomic mass is 9.97. The highest BCUT2D eigenvalue weighted by Gasteiger charge is 2.30. The third-order valence-corrected chi connectivity index (χ3v) is 3.86. The van der Waals surface area contributed by atoms with Crippen molar-refractivity contribution in [3.63, 3.8) is 0 Å². The van der Waals surface area contributed by atoms with E-state index in [1.807, 2.05) is 19.3 Å². The molecule has 98 valence electrons. The van der Waals surface area contributed by atoms with Gasteiger partial charge in [-0.15, -0.1) is 0 Å². The van der Waals surface area contributed by atoms with Gasteiger partial charge < -0.3 is 10.4 Å². The average Bonchev–Trinajstić information content (AvgIpc) is 2.88. The second kappa shape index (κ2) is 4.63. The third kappa shape index (κ3) is 2.19. The number of nitrogens with one attached hydrogen (secondary N) is 1. The van der Waals surface area contributed by atoms with Crippen LogP contribution in [0.3, 0.4) is 0 Å². The highest BCUT2D eigenvalue weighted by Crippen LogP contribution is 2.29. The molecule has 4 nitrogen and oxygen atoms in total. The zero-order valence-electron chi connectivity index (χ0n) is 10.8. The number of rotatable bonds is 2. The SMILES string of the molecule is Cc1cncc2cc(C3CC(C(=O)O)CN3)ccc12. The highest BCUT2D eigenvalue weighted by molar-refractivity contribution is 5.85. The number of aliphatic carboxylic acids is 1. The number of carboxylic acid groups (broad SMARTS) is 1. The van der Waals surface area contributed by atoms with E-state index >= 15 is 0 Å². The molecule has 1 fully saturated rings. The summed E-state index contributed by atoms with van der Waals surface area (Å²) in [5, 5.41) is 14.6. The van der Waals surface area contributed by atoms with Crippen LogP contribution in [-0.2, 0) is 4.79 Å². The van der Waals surface area contributed by atoms with Crippen LogP contribution in [0.25, 0.3) is 10.8 Å². The number of pyridine rings is 1. The normalized spacial score (nSPS) is 22.8. The quantitative estimate of drug-likeness (QED) is 0.865. The van der Waals surface area contributed by atoms with Crippen molar-refractivity contribution in [1.29, 1.82) is 0 Å². The molecule has 4 heteroatoms. The first-order chi connectivity index (χ1) is 9.15. The predicted molar refractivity (Wildman–Crippen MR) is 73.0 cm³/mol. The first-order valence-electron chi connectivity index (χ1n) is 6.45. The van der Waals surface area contributed by atoms with E-state index in [1.54, 1.807) is 0 Å². The summed E-state index contributed by atoms with van der Waals surface area (Å²) in [6, 6.07) is 6.41. The van der Waals surface area contributed by atoms with Crippen LogP contribution in [0.1, 0.15) is 23.6 Å². The number of hydrogen-bond donors (Lipinski definition) is 2. The minimum absolute atomic E-state index is 0.131. The largest absolute Gasteiger partial charge is 0.481 e. The summed E-state index contributed by atoms with van der Waals surface area (Å²) in [6.45, 7) is 2.59. The van der Waals surface area contributed by atoms with Gasteiger partial charge in [0, 0.05) is 30.4 Å². The number of nitrogens with zero attached hydrogens (tertiary/aromatic N) is 1. The van der Waals surface area contributed by atoms with Gasteiger partial charge in [-0.1, -0.05) is 12.1 Å². The number of fused-ring (bicyclic) bond motifs is 1. The molecule has 0 aliphatic carbocycles. The van der Waals surface area contributed by atoms with Crippen LogP contribution in [0.2, 0.25) is 0 Å². The summed E-state index contributed by atoms with van der Waals surface area (Å²) < 4.78 is 0. The minimum atomic E-state index is -0.715. The summed E-state index contributed by atoms with van der Waals surface area (Å²) in [6.07, 6.45) is 4.37. The van der Waals surface area contributed by atoms with Crippen molar-refractivity contribution in [2.24, 2.45) is 5.92 Å². The van der Waals surface area contributed by atoms with Crippen LogP contribution in [0.15, 0.2) is 30.6 Å². The first kappa shape index (κ1) is 12.1. The van der Waals surface area contributed by atoms with Crippen LogP contribution >= 0.6 is 0 Å². The van der Waals surface area contributed by atoms with Gasteiger partial charge in [0.1, 0.15) is 0 Å². The van der Waals surface area contributed by atoms with Gasteiger partial charge >= 0.3 is 5.97 Å². The van der Waals surface area contributed by atoms with Crippen molar-refractivity contribution < 1.29 is 9.90 Å². The fourth-order valence-electron chi connectivity index (χ4n) is 2.74. The number of aromatic nitrogens is 1. The average molecular weight is 256 g/mol. The van der Waals surface area contributed by atoms with E-state index in [9.17, 15) is 4.79 Å². The Bertz CT molecular complexity index is 639. The molecule has 0 radical (unpaired) electrons. The van der Waals surface area contributed by atoms with Crippen molar-refractivity contribution in [2.75, 3.05) is 6.54 Å². The Morgan fingerprint density at radius 3 is 3.00 bits per heavy atom. The van der Waals surface area contributed by atoms with Crippen LogP contribution in [-0.4, -0.2) is 22.6 Å². The number of aryl methyl sites for hydroxylation is 1. The van der Waals surface area contributed by atoms with Crippen LogP contribution in [0.4, 0.5) is 0 Å². The van der Waals surface area contributed by atoms with Crippen LogP contribution < -0.4 is 5.32 Å². The van der Waals surface area contributed by atoms with Gasteiger partial charge in [-0.25, -0.2) is 0 Å². The van der Waals surface area contributed by atoms with Crippen molar-refractivity contribution >= 4 is 16.7 Å². The van der Waals surface area contributed by atoms with Gasteiger partial charge in [-0.2, -0.15) is 0 Å². The summed E-state index contributed by atoms with van der Waals surface area (Å²) in [5.41, 5.74) is 2.30. The monoisotopic (exact) mass is 256 g/mol. The molecular formula is C15H16N2O2. The maximum Gasteiger partial charge on any atom is 0.307 e. The van der Waals surface area contributed by atoms with Crippen LogP contribution in [0.5, 0.6) is 0 Å². The zero-order chi connectivity index (χ0) is 13.4. The number of carboxylic acids is 1. The van der Waals surface area contributed by atoms with E-state index in [2.05, 4.69) is 28.5 Å². The van der Waals surface area contributed by atoms with Gasteiger partial charge in [0.15, 0.2) is 0 Å². The third-order valence-electron chi connectivity index (χ3n) is 3.86. The molecule has 1 aromatic carbocycles. The first-order valence-corrected chi connectivity index (χ1v) is 6.45. The molecule has 19 heavy (non-hydrogen) atoms. The molecule has 1 aliphatic heterocycles. The van der Waals surface area contributed by atoms with Crippen LogP contribution in [0, 0.1) is 12.8 Å². The Morgan fingerprint density at radius 1 is 1.42 bits per heavy atom. The van der Waals surface area contributed by atoms with Crippen molar-refractivity contribution in [3.05, 3.63) is 41.7 Å². The molecule has 2 heterocycles. The Labute approximate surface area is 111 Å². The summed E-state index contributed by atoms with van der Waals surface area (Å²) in [4.78, 5) is 15.2. The molecule has 3 rings (SSSR count). The zero-order valence-corrected chi connectivity index (χ0v) is 10.8. The Kier molecular flexibility index (Phi) is 2.95. The molecule has 0 saturated carbocycles. The molecule has 2 N–H and O–H groups in total. The fourth-order valence-corrected chi connectivity index (χ4v) is 2.74. The Morgan fingerprint density at radius 2 is 2.26 bits per heavy atom. The molecule has 0 spiro atoms. The topological polar surface area (TPSA) is 62.2 Å². The lowest BCUT2D eigenvalue weighted by molar-refractivity contribution is -0.141. The second-order valence-electron chi connectivity index (χ2n) is 5.17. The summed E-state index contributed by atoms with van der Waals surface area (Å²) in [7, 11) is 0. The molecule has 0 bridgehead atoms. The Balaban J connectivity index is 1.92. The van der Waals surface area contributed by atoms with Gasteiger partial charge in [0.05, 0.1) is 5.92 Å². The van der Waals surface area contributed by atoms with E-state index in [4.69, 9.17) is 5.11 Å². The number of carbonyl (C=O) groups is 1. The van der Waals surface area contributed by atoms with E-state index in [0.29, 0.717) is 13.0 Å². The molecule has 1 aromatic heterocycles. The van der Waals surface area contributed by atoms with Gasteiger partial charge in [-0.05, 0) is 35.9 Å². The molecular weight excluding hydrogens is 240 g/mol. The standard InChI is InChI=1S/C15H16N2O2/c1-9-6-16-7-11-4-10(2-3-13(9)11)14-5-12(8-17-14)15(18)19/h2-4,6-7,12,14,17H,5,8H2,1H3,(H,18,19). The van der Waals surface area contributed by atoms with Crippen molar-refractivity contribution in [1.82, 2.24) is 10.3 Å². The molecule has 2 atom stereocenters. The lowest BCUT2D eigenvalue weighted by Crippen LogP contribution is -2.17. The van der Waals surface area contributed by atoms with E-state index in [1.165, 1.54) is 5.39 Å². The van der Waals surface area contributed by atoms with E-state index in [0.717, 1.165) is 16.5 Å². The summed E-state index contributed by atoms with van der Waals surface area (Å²) in [5.74, 6) is -0.996. The van der Waals surface area contributed by atoms with Gasteiger partial charge in [-0.3, -0.25) is 9.78 Å². The van der Waals surface area contributed by atoms with Gasteiger partial charge in [0.25, 0.3) is 0 Å². The van der Waals surface area contributed by atoms with Gasteiger partial charge in [0.2, 0.25) is 0 Å². The van der Waals surface area contributed by atoms with Crippen molar-refractivity contribution in [3.8, 4) is 0 Å². The van der Waals surface area contributed by atoms with E-state index < -0.39 is 5.97 Å². The lowest BCUT2D eigenvalue weighted by Gasteiger charge is -2.12. The molecule has 2 aromatic rings. The van der Waals surface area contributed by atoms with Crippen molar-refractivity contribution in [2.45, 2.75) is 19.4 Å². The molecule has 1 aliphatic rings. The minimum Gasteiger partial charge on any atom is -0.481 e. The number of hydrogen-bond acceptors (Lipinski definition) is 3. The predicted octanol–water partition coefficient (Wildman–Crippen LogP) is 2.28. The highest BCUT2D eigenvalue weighted by atomic mass is 16.4. The fraction of sp³-hybridized carbons (Fsp3) is 0.333. The smallest absolute Gasteiger partial charge is 0.307 e. The maximum absolute atomic E-state index is 11.0. The Hall–Kier alpha value is -1.94. The van der Waals surface area contributed by atoms with E-state index in [-0.39, 0.29) is 12.0 Å². The molecule has 0 amide bonds. The molecule has 2 unspecified atom stereocenters.